The fraction of sp³-hybridized carbons (Fsp3) is 0.571. The van der Waals surface area contributed by atoms with E-state index in [1.54, 1.807) is 0 Å². The van der Waals surface area contributed by atoms with Crippen LogP contribution in [0.2, 0.25) is 0 Å². The van der Waals surface area contributed by atoms with E-state index in [1.807, 2.05) is 24.8 Å². The van der Waals surface area contributed by atoms with Crippen LogP contribution in [-0.2, 0) is 0 Å². The lowest BCUT2D eigenvalue weighted by Gasteiger charge is -2.22. The number of rotatable bonds is 1. The fourth-order valence-corrected chi connectivity index (χ4v) is 3.64. The van der Waals surface area contributed by atoms with Crippen molar-refractivity contribution in [3.8, 4) is 0 Å². The van der Waals surface area contributed by atoms with Crippen molar-refractivity contribution in [1.82, 2.24) is 14.4 Å². The monoisotopic (exact) mass is 242 g/mol. The molecule has 3 heterocycles. The molecule has 2 unspecified atom stereocenters. The van der Waals surface area contributed by atoms with Crippen LogP contribution in [0.3, 0.4) is 0 Å². The van der Waals surface area contributed by atoms with Gasteiger partial charge in [0.05, 0.1) is 0 Å². The normalized spacial score (nSPS) is 27.7. The van der Waals surface area contributed by atoms with Crippen molar-refractivity contribution in [2.24, 2.45) is 11.8 Å². The zero-order chi connectivity index (χ0) is 11.9. The van der Waals surface area contributed by atoms with Gasteiger partial charge in [0.2, 0.25) is 0 Å². The second kappa shape index (κ2) is 3.97. The highest BCUT2D eigenvalue weighted by molar-refractivity contribution is 5.64. The van der Waals surface area contributed by atoms with Crippen molar-refractivity contribution in [2.75, 3.05) is 18.0 Å². The second-order valence-corrected chi connectivity index (χ2v) is 5.62. The predicted molar refractivity (Wildman–Crippen MR) is 70.6 cm³/mol. The largest absolute Gasteiger partial charge is 0.353 e. The first-order valence-electron chi connectivity index (χ1n) is 6.94. The predicted octanol–water partition coefficient (Wildman–Crippen LogP) is 2.36. The lowest BCUT2D eigenvalue weighted by atomic mass is 9.82. The Morgan fingerprint density at radius 2 is 1.61 bits per heavy atom. The number of aromatic nitrogens is 3. The van der Waals surface area contributed by atoms with Gasteiger partial charge in [-0.05, 0) is 24.7 Å². The summed E-state index contributed by atoms with van der Waals surface area (Å²) in [4.78, 5) is 11.4. The molecule has 1 saturated heterocycles. The van der Waals surface area contributed by atoms with E-state index in [1.165, 1.54) is 38.8 Å². The first-order valence-corrected chi connectivity index (χ1v) is 6.94. The molecule has 1 aliphatic heterocycles. The van der Waals surface area contributed by atoms with Crippen LogP contribution in [-0.4, -0.2) is 27.5 Å². The highest BCUT2D eigenvalue weighted by atomic mass is 15.2. The van der Waals surface area contributed by atoms with Gasteiger partial charge in [-0.2, -0.15) is 0 Å². The standard InChI is InChI=1S/C14H18N4/c1-2-4-12-10-18(9-11(12)3-1)14-13-15-5-7-17(13)8-6-16-14/h5-8,11-12H,1-4,9-10H2. The quantitative estimate of drug-likeness (QED) is 0.769. The highest BCUT2D eigenvalue weighted by Crippen LogP contribution is 2.38. The van der Waals surface area contributed by atoms with Crippen molar-refractivity contribution >= 4 is 11.5 Å². The summed E-state index contributed by atoms with van der Waals surface area (Å²) in [6.45, 7) is 2.34. The summed E-state index contributed by atoms with van der Waals surface area (Å²) in [6.07, 6.45) is 13.3. The first kappa shape index (κ1) is 10.4. The van der Waals surface area contributed by atoms with Gasteiger partial charge in [0.25, 0.3) is 0 Å². The van der Waals surface area contributed by atoms with Crippen LogP contribution < -0.4 is 4.90 Å². The van der Waals surface area contributed by atoms with E-state index in [4.69, 9.17) is 0 Å². The molecule has 0 N–H and O–H groups in total. The third-order valence-corrected chi connectivity index (χ3v) is 4.57. The van der Waals surface area contributed by atoms with Crippen LogP contribution in [0.15, 0.2) is 24.8 Å². The molecule has 2 aliphatic rings. The molecule has 4 heteroatoms. The van der Waals surface area contributed by atoms with Crippen LogP contribution in [0.25, 0.3) is 5.65 Å². The third-order valence-electron chi connectivity index (χ3n) is 4.57. The van der Waals surface area contributed by atoms with Gasteiger partial charge in [-0.25, -0.2) is 9.97 Å². The summed E-state index contributed by atoms with van der Waals surface area (Å²) < 4.78 is 2.06. The number of hydrogen-bond acceptors (Lipinski definition) is 3. The van der Waals surface area contributed by atoms with E-state index in [9.17, 15) is 0 Å². The zero-order valence-electron chi connectivity index (χ0n) is 10.5. The maximum atomic E-state index is 4.56. The van der Waals surface area contributed by atoms with Gasteiger partial charge in [-0.15, -0.1) is 0 Å². The molecule has 4 nitrogen and oxygen atoms in total. The highest BCUT2D eigenvalue weighted by Gasteiger charge is 2.35. The summed E-state index contributed by atoms with van der Waals surface area (Å²) >= 11 is 0. The molecule has 2 fully saturated rings. The van der Waals surface area contributed by atoms with Crippen molar-refractivity contribution in [3.05, 3.63) is 24.8 Å². The average molecular weight is 242 g/mol. The molecule has 18 heavy (non-hydrogen) atoms. The van der Waals surface area contributed by atoms with Crippen molar-refractivity contribution < 1.29 is 0 Å². The van der Waals surface area contributed by atoms with E-state index in [-0.39, 0.29) is 0 Å². The molecule has 0 radical (unpaired) electrons. The lowest BCUT2D eigenvalue weighted by Crippen LogP contribution is -2.21. The maximum absolute atomic E-state index is 4.56. The van der Waals surface area contributed by atoms with Gasteiger partial charge in [0.15, 0.2) is 11.5 Å². The summed E-state index contributed by atoms with van der Waals surface area (Å²) in [5.74, 6) is 2.84. The number of imidazole rings is 1. The molecule has 2 aromatic heterocycles. The van der Waals surface area contributed by atoms with E-state index in [2.05, 4.69) is 19.3 Å². The minimum Gasteiger partial charge on any atom is -0.353 e. The number of hydrogen-bond donors (Lipinski definition) is 0. The van der Waals surface area contributed by atoms with E-state index in [0.29, 0.717) is 0 Å². The molecular weight excluding hydrogens is 224 g/mol. The molecule has 0 spiro atoms. The van der Waals surface area contributed by atoms with Gasteiger partial charge >= 0.3 is 0 Å². The van der Waals surface area contributed by atoms with Crippen LogP contribution in [0.1, 0.15) is 25.7 Å². The van der Waals surface area contributed by atoms with Gasteiger partial charge in [0, 0.05) is 37.9 Å². The minimum absolute atomic E-state index is 0.885. The van der Waals surface area contributed by atoms with Gasteiger partial charge in [-0.3, -0.25) is 0 Å². The SMILES string of the molecule is c1cn2ccnc2c(N2CC3CCCCC3C2)n1. The van der Waals surface area contributed by atoms with Crippen LogP contribution >= 0.6 is 0 Å². The van der Waals surface area contributed by atoms with Crippen LogP contribution in [0.5, 0.6) is 0 Å². The van der Waals surface area contributed by atoms with Gasteiger partial charge < -0.3 is 9.30 Å². The zero-order valence-corrected chi connectivity index (χ0v) is 10.5. The van der Waals surface area contributed by atoms with Gasteiger partial charge in [-0.1, -0.05) is 12.8 Å². The third kappa shape index (κ3) is 1.51. The summed E-state index contributed by atoms with van der Waals surface area (Å²) in [5.41, 5.74) is 0.996. The molecule has 4 rings (SSSR count). The Labute approximate surface area is 107 Å². The Morgan fingerprint density at radius 1 is 0.944 bits per heavy atom. The molecular formula is C14H18N4. The van der Waals surface area contributed by atoms with Crippen molar-refractivity contribution in [1.29, 1.82) is 0 Å². The molecule has 0 amide bonds. The van der Waals surface area contributed by atoms with Crippen molar-refractivity contribution in [2.45, 2.75) is 25.7 Å². The molecule has 2 aromatic rings. The number of nitrogens with zero attached hydrogens (tertiary/aromatic N) is 4. The van der Waals surface area contributed by atoms with E-state index in [0.717, 1.165) is 23.3 Å². The Bertz CT molecular complexity index is 548. The Morgan fingerprint density at radius 3 is 2.33 bits per heavy atom. The summed E-state index contributed by atoms with van der Waals surface area (Å²) in [7, 11) is 0. The fourth-order valence-electron chi connectivity index (χ4n) is 3.64. The van der Waals surface area contributed by atoms with E-state index < -0.39 is 0 Å². The average Bonchev–Trinajstić information content (AvgIpc) is 3.04. The minimum atomic E-state index is 0.885. The molecule has 0 bridgehead atoms. The molecule has 2 atom stereocenters. The first-order chi connectivity index (χ1) is 8.92. The van der Waals surface area contributed by atoms with Crippen molar-refractivity contribution in [3.63, 3.8) is 0 Å². The Hall–Kier alpha value is -1.58. The topological polar surface area (TPSA) is 33.4 Å². The lowest BCUT2D eigenvalue weighted by molar-refractivity contribution is 0.299. The van der Waals surface area contributed by atoms with Crippen LogP contribution in [0.4, 0.5) is 5.82 Å². The number of fused-ring (bicyclic) bond motifs is 2. The number of anilines is 1. The smallest absolute Gasteiger partial charge is 0.180 e. The second-order valence-electron chi connectivity index (χ2n) is 5.62. The molecule has 94 valence electrons. The molecule has 1 aliphatic carbocycles. The Balaban J connectivity index is 1.69. The maximum Gasteiger partial charge on any atom is 0.180 e. The molecule has 0 aromatic carbocycles. The molecule has 1 saturated carbocycles. The Kier molecular flexibility index (Phi) is 2.28. The van der Waals surface area contributed by atoms with E-state index >= 15 is 0 Å². The summed E-state index contributed by atoms with van der Waals surface area (Å²) in [6, 6.07) is 0. The van der Waals surface area contributed by atoms with Crippen LogP contribution in [0, 0.1) is 11.8 Å². The van der Waals surface area contributed by atoms with Gasteiger partial charge in [0.1, 0.15) is 0 Å². The summed E-state index contributed by atoms with van der Waals surface area (Å²) in [5, 5.41) is 0.